The zero-order valence-corrected chi connectivity index (χ0v) is 42.0. The standard InChI is InChI=1S/C56H109NO5/c1-4-7-10-13-16-19-21-23-25-27-28-30-32-34-37-40-43-46-49-56(61)62-52(47-44-41-38-36-33-31-29-26-24-22-20-17-14-11-8-5-2)50-55(60)57-53(51-58)54(59)48-45-42-39-35-18-15-12-9-6-3/h31,33,52-54,58-59H,4-30,32,34-51H2,1-3H3,(H,57,60)/b33-31+. The van der Waals surface area contributed by atoms with Crippen molar-refractivity contribution in [3.63, 3.8) is 0 Å². The molecule has 3 unspecified atom stereocenters. The van der Waals surface area contributed by atoms with Crippen molar-refractivity contribution < 1.29 is 24.5 Å². The smallest absolute Gasteiger partial charge is 0.306 e. The molecule has 6 nitrogen and oxygen atoms in total. The number of rotatable bonds is 51. The van der Waals surface area contributed by atoms with Crippen LogP contribution < -0.4 is 5.32 Å². The minimum atomic E-state index is -0.785. The van der Waals surface area contributed by atoms with E-state index in [4.69, 9.17) is 4.74 Å². The third-order valence-corrected chi connectivity index (χ3v) is 13.1. The van der Waals surface area contributed by atoms with Gasteiger partial charge in [-0.25, -0.2) is 0 Å². The van der Waals surface area contributed by atoms with Gasteiger partial charge < -0.3 is 20.3 Å². The first-order chi connectivity index (χ1) is 30.5. The first kappa shape index (κ1) is 60.6. The highest BCUT2D eigenvalue weighted by atomic mass is 16.5. The van der Waals surface area contributed by atoms with Gasteiger partial charge in [0, 0.05) is 6.42 Å². The van der Waals surface area contributed by atoms with Crippen molar-refractivity contribution in [2.45, 2.75) is 328 Å². The normalized spacial score (nSPS) is 13.2. The SMILES string of the molecule is CCCCCCCCCCC/C=C/CCCCCC(CC(=O)NC(CO)C(O)CCCCCCCCCCC)OC(=O)CCCCCCCCCCCCCCCCCCCC. The monoisotopic (exact) mass is 876 g/mol. The molecule has 0 aliphatic carbocycles. The van der Waals surface area contributed by atoms with Gasteiger partial charge in [-0.1, -0.05) is 258 Å². The van der Waals surface area contributed by atoms with Gasteiger partial charge in [-0.3, -0.25) is 9.59 Å². The highest BCUT2D eigenvalue weighted by Crippen LogP contribution is 2.18. The molecule has 368 valence electrons. The lowest BCUT2D eigenvalue weighted by atomic mass is 10.0. The molecule has 0 fully saturated rings. The summed E-state index contributed by atoms with van der Waals surface area (Å²) in [5, 5.41) is 23.7. The lowest BCUT2D eigenvalue weighted by molar-refractivity contribution is -0.151. The molecule has 0 radical (unpaired) electrons. The fourth-order valence-electron chi connectivity index (χ4n) is 8.84. The topological polar surface area (TPSA) is 95.9 Å². The molecule has 0 bridgehead atoms. The van der Waals surface area contributed by atoms with Crippen molar-refractivity contribution in [3.05, 3.63) is 12.2 Å². The molecule has 0 aromatic heterocycles. The number of unbranched alkanes of at least 4 members (excludes halogenated alkanes) is 37. The zero-order valence-electron chi connectivity index (χ0n) is 42.0. The molecule has 0 saturated carbocycles. The van der Waals surface area contributed by atoms with Gasteiger partial charge in [-0.05, 0) is 51.4 Å². The molecule has 3 N–H and O–H groups in total. The highest BCUT2D eigenvalue weighted by Gasteiger charge is 2.24. The number of amides is 1. The van der Waals surface area contributed by atoms with Crippen LogP contribution in [-0.4, -0.2) is 46.9 Å². The van der Waals surface area contributed by atoms with E-state index in [9.17, 15) is 19.8 Å². The number of carbonyl (C=O) groups excluding carboxylic acids is 2. The molecule has 0 aliphatic rings. The Morgan fingerprint density at radius 1 is 0.452 bits per heavy atom. The van der Waals surface area contributed by atoms with Crippen LogP contribution in [0.1, 0.15) is 310 Å². The van der Waals surface area contributed by atoms with E-state index in [1.54, 1.807) is 0 Å². The molecular formula is C56H109NO5. The number of allylic oxidation sites excluding steroid dienone is 2. The summed E-state index contributed by atoms with van der Waals surface area (Å²) in [4.78, 5) is 26.2. The molecule has 0 aliphatic heterocycles. The van der Waals surface area contributed by atoms with Gasteiger partial charge in [0.15, 0.2) is 0 Å². The van der Waals surface area contributed by atoms with E-state index < -0.39 is 18.2 Å². The third kappa shape index (κ3) is 45.2. The summed E-state index contributed by atoms with van der Waals surface area (Å²) >= 11 is 0. The van der Waals surface area contributed by atoms with Crippen LogP contribution >= 0.6 is 0 Å². The third-order valence-electron chi connectivity index (χ3n) is 13.1. The number of ether oxygens (including phenoxy) is 1. The molecule has 0 saturated heterocycles. The molecule has 0 aromatic rings. The maximum absolute atomic E-state index is 13.2. The Morgan fingerprint density at radius 3 is 1.16 bits per heavy atom. The molecule has 0 spiro atoms. The number of hydrogen-bond donors (Lipinski definition) is 3. The summed E-state index contributed by atoms with van der Waals surface area (Å²) in [7, 11) is 0. The fourth-order valence-corrected chi connectivity index (χ4v) is 8.84. The molecule has 0 heterocycles. The second-order valence-electron chi connectivity index (χ2n) is 19.3. The Hall–Kier alpha value is -1.40. The van der Waals surface area contributed by atoms with Crippen molar-refractivity contribution in [1.82, 2.24) is 5.32 Å². The lowest BCUT2D eigenvalue weighted by Crippen LogP contribution is -2.46. The number of carbonyl (C=O) groups is 2. The van der Waals surface area contributed by atoms with Gasteiger partial charge >= 0.3 is 5.97 Å². The van der Waals surface area contributed by atoms with Gasteiger partial charge in [0.1, 0.15) is 6.10 Å². The van der Waals surface area contributed by atoms with Crippen molar-refractivity contribution in [2.24, 2.45) is 0 Å². The van der Waals surface area contributed by atoms with E-state index in [0.29, 0.717) is 19.3 Å². The van der Waals surface area contributed by atoms with Crippen LogP contribution in [0.15, 0.2) is 12.2 Å². The number of nitrogens with one attached hydrogen (secondary N) is 1. The summed E-state index contributed by atoms with van der Waals surface area (Å²) in [6, 6.07) is -0.699. The summed E-state index contributed by atoms with van der Waals surface area (Å²) in [6.45, 7) is 6.50. The Balaban J connectivity index is 4.50. The predicted octanol–water partition coefficient (Wildman–Crippen LogP) is 16.9. The number of hydrogen-bond acceptors (Lipinski definition) is 5. The summed E-state index contributed by atoms with van der Waals surface area (Å²) < 4.78 is 5.95. The van der Waals surface area contributed by atoms with E-state index in [-0.39, 0.29) is 24.9 Å². The van der Waals surface area contributed by atoms with E-state index in [1.807, 2.05) is 0 Å². The van der Waals surface area contributed by atoms with E-state index >= 15 is 0 Å². The number of esters is 1. The van der Waals surface area contributed by atoms with Gasteiger partial charge in [0.05, 0.1) is 25.2 Å². The van der Waals surface area contributed by atoms with Crippen molar-refractivity contribution >= 4 is 11.9 Å². The van der Waals surface area contributed by atoms with Crippen LogP contribution in [0.25, 0.3) is 0 Å². The molecule has 0 rings (SSSR count). The summed E-state index contributed by atoms with van der Waals surface area (Å²) in [6.07, 6.45) is 57.1. The van der Waals surface area contributed by atoms with Crippen LogP contribution in [0, 0.1) is 0 Å². The Bertz CT molecular complexity index is 939. The predicted molar refractivity (Wildman–Crippen MR) is 269 cm³/mol. The van der Waals surface area contributed by atoms with Crippen LogP contribution in [0.4, 0.5) is 0 Å². The second kappa shape index (κ2) is 50.6. The van der Waals surface area contributed by atoms with Crippen molar-refractivity contribution in [3.8, 4) is 0 Å². The van der Waals surface area contributed by atoms with Gasteiger partial charge in [0.2, 0.25) is 5.91 Å². The Labute approximate surface area is 387 Å². The highest BCUT2D eigenvalue weighted by molar-refractivity contribution is 5.77. The van der Waals surface area contributed by atoms with E-state index in [1.165, 1.54) is 199 Å². The molecule has 62 heavy (non-hydrogen) atoms. The maximum atomic E-state index is 13.2. The van der Waals surface area contributed by atoms with Crippen LogP contribution in [0.5, 0.6) is 0 Å². The molecule has 0 aromatic carbocycles. The van der Waals surface area contributed by atoms with Crippen LogP contribution in [0.3, 0.4) is 0 Å². The van der Waals surface area contributed by atoms with Crippen molar-refractivity contribution in [1.29, 1.82) is 0 Å². The average molecular weight is 876 g/mol. The van der Waals surface area contributed by atoms with Gasteiger partial charge in [0.25, 0.3) is 0 Å². The quantitative estimate of drug-likeness (QED) is 0.0321. The largest absolute Gasteiger partial charge is 0.462 e. The molecule has 1 amide bonds. The van der Waals surface area contributed by atoms with E-state index in [0.717, 1.165) is 64.2 Å². The fraction of sp³-hybridized carbons (Fsp3) is 0.929. The zero-order chi connectivity index (χ0) is 45.2. The minimum absolute atomic E-state index is 0.0742. The van der Waals surface area contributed by atoms with Gasteiger partial charge in [-0.2, -0.15) is 0 Å². The maximum Gasteiger partial charge on any atom is 0.306 e. The van der Waals surface area contributed by atoms with E-state index in [2.05, 4.69) is 38.2 Å². The number of aliphatic hydroxyl groups is 2. The molecule has 3 atom stereocenters. The Morgan fingerprint density at radius 2 is 0.774 bits per heavy atom. The van der Waals surface area contributed by atoms with Gasteiger partial charge in [-0.15, -0.1) is 0 Å². The van der Waals surface area contributed by atoms with Crippen molar-refractivity contribution in [2.75, 3.05) is 6.61 Å². The summed E-state index contributed by atoms with van der Waals surface area (Å²) in [5.74, 6) is -0.469. The minimum Gasteiger partial charge on any atom is -0.462 e. The first-order valence-electron chi connectivity index (χ1n) is 27.9. The van der Waals surface area contributed by atoms with Crippen LogP contribution in [-0.2, 0) is 14.3 Å². The summed E-state index contributed by atoms with van der Waals surface area (Å²) in [5.41, 5.74) is 0. The molecule has 6 heteroatoms. The Kier molecular flexibility index (Phi) is 49.5. The number of aliphatic hydroxyl groups excluding tert-OH is 2. The van der Waals surface area contributed by atoms with Crippen LogP contribution in [0.2, 0.25) is 0 Å². The molecular weight excluding hydrogens is 767 g/mol. The average Bonchev–Trinajstić information content (AvgIpc) is 3.26. The lowest BCUT2D eigenvalue weighted by Gasteiger charge is -2.24. The second-order valence-corrected chi connectivity index (χ2v) is 19.3. The first-order valence-corrected chi connectivity index (χ1v) is 27.9.